The lowest BCUT2D eigenvalue weighted by atomic mass is 9.99. The maximum absolute atomic E-state index is 6.59. The van der Waals surface area contributed by atoms with Crippen LogP contribution in [-0.2, 0) is 13.0 Å². The van der Waals surface area contributed by atoms with Crippen molar-refractivity contribution < 1.29 is 4.74 Å². The molecule has 0 N–H and O–H groups in total. The molecule has 0 bridgehead atoms. The summed E-state index contributed by atoms with van der Waals surface area (Å²) < 4.78 is 6.59. The van der Waals surface area contributed by atoms with Crippen LogP contribution in [0.3, 0.4) is 0 Å². The van der Waals surface area contributed by atoms with Crippen molar-refractivity contribution in [2.45, 2.75) is 25.5 Å². The molecule has 0 fully saturated rings. The van der Waals surface area contributed by atoms with E-state index in [1.807, 2.05) is 24.4 Å². The van der Waals surface area contributed by atoms with Gasteiger partial charge in [0.15, 0.2) is 0 Å². The van der Waals surface area contributed by atoms with Crippen LogP contribution < -0.4 is 4.74 Å². The van der Waals surface area contributed by atoms with E-state index in [1.54, 1.807) is 0 Å². The lowest BCUT2D eigenvalue weighted by molar-refractivity contribution is 0.159. The summed E-state index contributed by atoms with van der Waals surface area (Å²) in [5, 5.41) is 1.11. The summed E-state index contributed by atoms with van der Waals surface area (Å²) in [5.74, 6) is 0.853. The first-order chi connectivity index (χ1) is 14.9. The summed E-state index contributed by atoms with van der Waals surface area (Å²) in [6, 6.07) is 29.6. The number of aromatic nitrogens is 1. The Morgan fingerprint density at radius 1 is 0.833 bits per heavy atom. The highest BCUT2D eigenvalue weighted by atomic mass is 16.5. The fourth-order valence-electron chi connectivity index (χ4n) is 4.33. The maximum atomic E-state index is 6.59. The second-order valence-electron chi connectivity index (χ2n) is 7.93. The van der Waals surface area contributed by atoms with E-state index in [-0.39, 0.29) is 6.10 Å². The minimum Gasteiger partial charge on any atom is -0.483 e. The van der Waals surface area contributed by atoms with Crippen LogP contribution in [0.25, 0.3) is 10.9 Å². The molecule has 0 amide bonds. The summed E-state index contributed by atoms with van der Waals surface area (Å²) >= 11 is 0. The first kappa shape index (κ1) is 18.8. The number of para-hydroxylation sites is 1. The van der Waals surface area contributed by atoms with E-state index in [4.69, 9.17) is 4.74 Å². The smallest absolute Gasteiger partial charge is 0.146 e. The van der Waals surface area contributed by atoms with Crippen LogP contribution in [0.4, 0.5) is 0 Å². The predicted octanol–water partition coefficient (Wildman–Crippen LogP) is 5.80. The Balaban J connectivity index is 1.35. The number of hydrogen-bond donors (Lipinski definition) is 0. The Hall–Kier alpha value is -3.17. The normalized spacial score (nSPS) is 14.9. The molecule has 0 radical (unpaired) electrons. The number of rotatable bonds is 6. The predicted molar refractivity (Wildman–Crippen MR) is 122 cm³/mol. The summed E-state index contributed by atoms with van der Waals surface area (Å²) in [5.41, 5.74) is 5.08. The molecule has 2 heterocycles. The second-order valence-corrected chi connectivity index (χ2v) is 7.93. The van der Waals surface area contributed by atoms with Gasteiger partial charge in [0, 0.05) is 37.6 Å². The van der Waals surface area contributed by atoms with Crippen molar-refractivity contribution in [2.75, 3.05) is 13.1 Å². The molecule has 3 nitrogen and oxygen atoms in total. The molecule has 30 heavy (non-hydrogen) atoms. The Kier molecular flexibility index (Phi) is 5.45. The fourth-order valence-corrected chi connectivity index (χ4v) is 4.33. The summed E-state index contributed by atoms with van der Waals surface area (Å²) in [6.45, 7) is 3.13. The molecule has 5 rings (SSSR count). The van der Waals surface area contributed by atoms with Gasteiger partial charge in [-0.15, -0.1) is 0 Å². The van der Waals surface area contributed by atoms with Crippen LogP contribution in [0.15, 0.2) is 91.1 Å². The summed E-state index contributed by atoms with van der Waals surface area (Å²) in [6.07, 6.45) is 3.89. The number of fused-ring (bicyclic) bond motifs is 2. The third-order valence-electron chi connectivity index (χ3n) is 5.95. The van der Waals surface area contributed by atoms with Gasteiger partial charge in [-0.1, -0.05) is 72.8 Å². The van der Waals surface area contributed by atoms with E-state index in [0.717, 1.165) is 49.1 Å². The molecule has 1 unspecified atom stereocenters. The largest absolute Gasteiger partial charge is 0.483 e. The highest BCUT2D eigenvalue weighted by Gasteiger charge is 2.20. The first-order valence-corrected chi connectivity index (χ1v) is 10.7. The summed E-state index contributed by atoms with van der Waals surface area (Å²) in [4.78, 5) is 7.11. The van der Waals surface area contributed by atoms with E-state index in [0.29, 0.717) is 0 Å². The van der Waals surface area contributed by atoms with Crippen LogP contribution in [0.5, 0.6) is 5.75 Å². The zero-order chi connectivity index (χ0) is 20.2. The monoisotopic (exact) mass is 394 g/mol. The van der Waals surface area contributed by atoms with Gasteiger partial charge >= 0.3 is 0 Å². The minimum absolute atomic E-state index is 0.00373. The lowest BCUT2D eigenvalue weighted by Gasteiger charge is -2.30. The molecule has 1 aromatic heterocycles. The third-order valence-corrected chi connectivity index (χ3v) is 5.95. The number of hydrogen-bond acceptors (Lipinski definition) is 3. The molecule has 3 heteroatoms. The van der Waals surface area contributed by atoms with E-state index in [9.17, 15) is 0 Å². The quantitative estimate of drug-likeness (QED) is 0.413. The Labute approximate surface area is 178 Å². The molecule has 0 spiro atoms. The van der Waals surface area contributed by atoms with Gasteiger partial charge < -0.3 is 4.74 Å². The van der Waals surface area contributed by atoms with E-state index >= 15 is 0 Å². The second kappa shape index (κ2) is 8.68. The SMILES string of the molecule is c1ccc(C(CCN2CCc3ccccc3C2)Oc2cccc3cccnc23)cc1. The van der Waals surface area contributed by atoms with Crippen LogP contribution in [0, 0.1) is 0 Å². The molecular weight excluding hydrogens is 368 g/mol. The molecule has 150 valence electrons. The average Bonchev–Trinajstić information content (AvgIpc) is 2.82. The van der Waals surface area contributed by atoms with Gasteiger partial charge in [-0.2, -0.15) is 0 Å². The van der Waals surface area contributed by atoms with E-state index in [2.05, 4.69) is 76.6 Å². The number of ether oxygens (including phenoxy) is 1. The van der Waals surface area contributed by atoms with Gasteiger partial charge in [0.1, 0.15) is 17.4 Å². The van der Waals surface area contributed by atoms with Crippen molar-refractivity contribution in [3.05, 3.63) is 108 Å². The van der Waals surface area contributed by atoms with Crippen LogP contribution >= 0.6 is 0 Å². The molecule has 1 aliphatic rings. The zero-order valence-corrected chi connectivity index (χ0v) is 17.1. The third kappa shape index (κ3) is 4.07. The van der Waals surface area contributed by atoms with Gasteiger partial charge in [-0.05, 0) is 35.2 Å². The van der Waals surface area contributed by atoms with Gasteiger partial charge in [0.05, 0.1) is 0 Å². The Morgan fingerprint density at radius 3 is 2.53 bits per heavy atom. The standard InChI is InChI=1S/C27H26N2O/c1-2-9-22(10-3-1)25(30-26-14-6-12-23-13-7-17-28-27(23)26)16-19-29-18-15-21-8-4-5-11-24(21)20-29/h1-14,17,25H,15-16,18-20H2. The van der Waals surface area contributed by atoms with Gasteiger partial charge in [-0.25, -0.2) is 0 Å². The number of pyridine rings is 1. The molecule has 4 aromatic rings. The highest BCUT2D eigenvalue weighted by Crippen LogP contribution is 2.30. The van der Waals surface area contributed by atoms with Gasteiger partial charge in [-0.3, -0.25) is 9.88 Å². The number of nitrogens with zero attached hydrogens (tertiary/aromatic N) is 2. The molecule has 3 aromatic carbocycles. The Bertz CT molecular complexity index is 1120. The van der Waals surface area contributed by atoms with Gasteiger partial charge in [0.2, 0.25) is 0 Å². The number of benzene rings is 3. The molecule has 1 atom stereocenters. The Morgan fingerprint density at radius 2 is 1.63 bits per heavy atom. The van der Waals surface area contributed by atoms with Crippen molar-refractivity contribution >= 4 is 10.9 Å². The molecule has 0 saturated carbocycles. The van der Waals surface area contributed by atoms with Crippen molar-refractivity contribution in [3.63, 3.8) is 0 Å². The molecule has 0 aliphatic carbocycles. The summed E-state index contributed by atoms with van der Waals surface area (Å²) in [7, 11) is 0. The van der Waals surface area contributed by atoms with E-state index in [1.165, 1.54) is 16.7 Å². The van der Waals surface area contributed by atoms with Crippen LogP contribution in [0.2, 0.25) is 0 Å². The molecule has 0 saturated heterocycles. The fraction of sp³-hybridized carbons (Fsp3) is 0.222. The highest BCUT2D eigenvalue weighted by molar-refractivity contribution is 5.84. The van der Waals surface area contributed by atoms with Crippen molar-refractivity contribution in [1.29, 1.82) is 0 Å². The van der Waals surface area contributed by atoms with Crippen LogP contribution in [-0.4, -0.2) is 23.0 Å². The average molecular weight is 395 g/mol. The maximum Gasteiger partial charge on any atom is 0.146 e. The van der Waals surface area contributed by atoms with Crippen molar-refractivity contribution in [3.8, 4) is 5.75 Å². The van der Waals surface area contributed by atoms with Gasteiger partial charge in [0.25, 0.3) is 0 Å². The zero-order valence-electron chi connectivity index (χ0n) is 17.1. The molecule has 1 aliphatic heterocycles. The lowest BCUT2D eigenvalue weighted by Crippen LogP contribution is -2.32. The molecular formula is C27H26N2O. The first-order valence-electron chi connectivity index (χ1n) is 10.7. The van der Waals surface area contributed by atoms with Crippen molar-refractivity contribution in [1.82, 2.24) is 9.88 Å². The van der Waals surface area contributed by atoms with E-state index < -0.39 is 0 Å². The van der Waals surface area contributed by atoms with Crippen LogP contribution in [0.1, 0.15) is 29.2 Å². The topological polar surface area (TPSA) is 25.4 Å². The minimum atomic E-state index is -0.00373. The van der Waals surface area contributed by atoms with Crippen molar-refractivity contribution in [2.24, 2.45) is 0 Å².